The molecule has 2 aromatic carbocycles. The highest BCUT2D eigenvalue weighted by molar-refractivity contribution is 5.77. The highest BCUT2D eigenvalue weighted by Crippen LogP contribution is 2.54. The topological polar surface area (TPSA) is 69.4 Å². The maximum absolute atomic E-state index is 12.3. The van der Waals surface area contributed by atoms with Gasteiger partial charge >= 0.3 is 0 Å². The lowest BCUT2D eigenvalue weighted by atomic mass is 9.61. The zero-order valence-electron chi connectivity index (χ0n) is 15.2. The third kappa shape index (κ3) is 2.74. The Morgan fingerprint density at radius 3 is 2.41 bits per heavy atom. The van der Waals surface area contributed by atoms with Gasteiger partial charge in [-0.25, -0.2) is 0 Å². The predicted molar refractivity (Wildman–Crippen MR) is 101 cm³/mol. The molecule has 0 N–H and O–H groups in total. The molecule has 0 spiro atoms. The third-order valence-electron chi connectivity index (χ3n) is 5.82. The molecule has 0 saturated heterocycles. The van der Waals surface area contributed by atoms with E-state index in [1.807, 2.05) is 74.5 Å². The maximum atomic E-state index is 12.3. The third-order valence-corrected chi connectivity index (χ3v) is 5.82. The Labute approximate surface area is 157 Å². The molecule has 4 rings (SSSR count). The van der Waals surface area contributed by atoms with Crippen LogP contribution in [0.25, 0.3) is 0 Å². The summed E-state index contributed by atoms with van der Waals surface area (Å²) in [5.41, 5.74) is 1.44. The molecule has 0 radical (unpaired) electrons. The molecule has 4 atom stereocenters. The molecule has 2 aromatic rings. The molecule has 0 aromatic heterocycles. The van der Waals surface area contributed by atoms with Crippen LogP contribution in [0.3, 0.4) is 0 Å². The van der Waals surface area contributed by atoms with Crippen LogP contribution in [-0.4, -0.2) is 22.9 Å². The molecule has 2 aliphatic rings. The van der Waals surface area contributed by atoms with E-state index in [2.05, 4.69) is 0 Å². The SMILES string of the molecule is CC1(C)Oc2ccccc2[C@H]2[C@@H]([N+](=O)[O-])[C@H](c3ccccc3)C(C=O)=C[C@@H]21. The van der Waals surface area contributed by atoms with Crippen molar-refractivity contribution in [3.8, 4) is 5.75 Å². The Balaban J connectivity index is 1.97. The number of hydrogen-bond acceptors (Lipinski definition) is 4. The van der Waals surface area contributed by atoms with Crippen LogP contribution in [0.5, 0.6) is 5.75 Å². The molecule has 5 heteroatoms. The fourth-order valence-corrected chi connectivity index (χ4v) is 4.66. The average Bonchev–Trinajstić information content (AvgIpc) is 2.66. The van der Waals surface area contributed by atoms with Gasteiger partial charge in [-0.05, 0) is 25.5 Å². The molecule has 5 nitrogen and oxygen atoms in total. The number of para-hydroxylation sites is 1. The first kappa shape index (κ1) is 17.5. The van der Waals surface area contributed by atoms with Gasteiger partial charge in [0.2, 0.25) is 6.04 Å². The number of ether oxygens (including phenoxy) is 1. The number of fused-ring (bicyclic) bond motifs is 3. The van der Waals surface area contributed by atoms with Crippen molar-refractivity contribution >= 4 is 6.29 Å². The summed E-state index contributed by atoms with van der Waals surface area (Å²) in [5.74, 6) is -0.524. The number of aldehydes is 1. The van der Waals surface area contributed by atoms with Crippen LogP contribution in [-0.2, 0) is 4.79 Å². The van der Waals surface area contributed by atoms with Gasteiger partial charge in [-0.1, -0.05) is 54.6 Å². The molecule has 0 bridgehead atoms. The highest BCUT2D eigenvalue weighted by atomic mass is 16.6. The van der Waals surface area contributed by atoms with Gasteiger partial charge in [0.05, 0.1) is 11.8 Å². The number of nitro groups is 1. The second-order valence-electron chi connectivity index (χ2n) is 7.74. The van der Waals surface area contributed by atoms with Crippen molar-refractivity contribution in [1.82, 2.24) is 0 Å². The van der Waals surface area contributed by atoms with E-state index >= 15 is 0 Å². The zero-order valence-corrected chi connectivity index (χ0v) is 15.2. The number of rotatable bonds is 3. The average molecular weight is 363 g/mol. The normalized spacial score (nSPS) is 28.1. The molecular formula is C22H21NO4. The van der Waals surface area contributed by atoms with E-state index in [0.29, 0.717) is 11.3 Å². The second kappa shape index (κ2) is 6.34. The largest absolute Gasteiger partial charge is 0.487 e. The molecule has 0 amide bonds. The van der Waals surface area contributed by atoms with E-state index in [9.17, 15) is 14.9 Å². The Kier molecular flexibility index (Phi) is 4.10. The van der Waals surface area contributed by atoms with E-state index in [1.165, 1.54) is 0 Å². The van der Waals surface area contributed by atoms with Crippen LogP contribution in [0.2, 0.25) is 0 Å². The summed E-state index contributed by atoms with van der Waals surface area (Å²) in [7, 11) is 0. The van der Waals surface area contributed by atoms with E-state index in [4.69, 9.17) is 4.74 Å². The summed E-state index contributed by atoms with van der Waals surface area (Å²) in [6, 6.07) is 15.9. The van der Waals surface area contributed by atoms with Gasteiger partial charge in [0.1, 0.15) is 17.6 Å². The van der Waals surface area contributed by atoms with Gasteiger partial charge < -0.3 is 4.74 Å². The Morgan fingerprint density at radius 2 is 1.74 bits per heavy atom. The van der Waals surface area contributed by atoms with Crippen molar-refractivity contribution < 1.29 is 14.5 Å². The van der Waals surface area contributed by atoms with E-state index in [0.717, 1.165) is 17.4 Å². The lowest BCUT2D eigenvalue weighted by Gasteiger charge is -2.47. The van der Waals surface area contributed by atoms with Crippen molar-refractivity contribution in [2.75, 3.05) is 0 Å². The van der Waals surface area contributed by atoms with E-state index in [1.54, 1.807) is 0 Å². The summed E-state index contributed by atoms with van der Waals surface area (Å²) < 4.78 is 6.17. The number of hydrogen-bond donors (Lipinski definition) is 0. The first-order chi connectivity index (χ1) is 12.9. The molecule has 0 unspecified atom stereocenters. The van der Waals surface area contributed by atoms with Crippen molar-refractivity contribution in [2.45, 2.75) is 37.3 Å². The van der Waals surface area contributed by atoms with Crippen LogP contribution in [0.1, 0.15) is 36.8 Å². The molecule has 0 fully saturated rings. The lowest BCUT2D eigenvalue weighted by molar-refractivity contribution is -0.532. The molecule has 27 heavy (non-hydrogen) atoms. The number of carbonyl (C=O) groups is 1. The fraction of sp³-hybridized carbons (Fsp3) is 0.318. The molecule has 1 aliphatic carbocycles. The van der Waals surface area contributed by atoms with Gasteiger partial charge in [-0.2, -0.15) is 0 Å². The summed E-state index contributed by atoms with van der Waals surface area (Å²) in [6.45, 7) is 3.86. The van der Waals surface area contributed by atoms with Crippen LogP contribution >= 0.6 is 0 Å². The van der Waals surface area contributed by atoms with Gasteiger partial charge in [0, 0.05) is 22.0 Å². The van der Waals surface area contributed by atoms with Crippen molar-refractivity contribution in [3.05, 3.63) is 87.5 Å². The number of nitrogens with zero attached hydrogens (tertiary/aromatic N) is 1. The minimum Gasteiger partial charge on any atom is -0.487 e. The quantitative estimate of drug-likeness (QED) is 0.467. The second-order valence-corrected chi connectivity index (χ2v) is 7.74. The van der Waals surface area contributed by atoms with E-state index in [-0.39, 0.29) is 16.8 Å². The summed E-state index contributed by atoms with van der Waals surface area (Å²) in [6.07, 6.45) is 2.66. The molecule has 0 saturated carbocycles. The summed E-state index contributed by atoms with van der Waals surface area (Å²) in [5, 5.41) is 12.3. The molecular weight excluding hydrogens is 342 g/mol. The van der Waals surface area contributed by atoms with Crippen molar-refractivity contribution in [1.29, 1.82) is 0 Å². The standard InChI is InChI=1S/C22H21NO4/c1-22(2)17-12-15(13-24)19(14-8-4-3-5-9-14)21(23(25)26)20(17)16-10-6-7-11-18(16)27-22/h3-13,17,19-21H,1-2H3/t17-,19+,20+,21-/m0/s1. The Bertz CT molecular complexity index is 919. The van der Waals surface area contributed by atoms with Crippen molar-refractivity contribution in [2.24, 2.45) is 5.92 Å². The van der Waals surface area contributed by atoms with Gasteiger partial charge in [-0.15, -0.1) is 0 Å². The maximum Gasteiger partial charge on any atom is 0.231 e. The molecule has 138 valence electrons. The minimum atomic E-state index is -0.938. The Morgan fingerprint density at radius 1 is 1.07 bits per heavy atom. The predicted octanol–water partition coefficient (Wildman–Crippen LogP) is 4.13. The van der Waals surface area contributed by atoms with Crippen LogP contribution in [0, 0.1) is 16.0 Å². The van der Waals surface area contributed by atoms with Crippen LogP contribution < -0.4 is 4.74 Å². The van der Waals surface area contributed by atoms with E-state index < -0.39 is 17.6 Å². The molecule has 1 aliphatic heterocycles. The fourth-order valence-electron chi connectivity index (χ4n) is 4.66. The first-order valence-corrected chi connectivity index (χ1v) is 9.07. The molecule has 1 heterocycles. The monoisotopic (exact) mass is 363 g/mol. The van der Waals surface area contributed by atoms with Crippen LogP contribution in [0.4, 0.5) is 0 Å². The van der Waals surface area contributed by atoms with Gasteiger partial charge in [-0.3, -0.25) is 14.9 Å². The Hall–Kier alpha value is -2.95. The van der Waals surface area contributed by atoms with Gasteiger partial charge in [0.15, 0.2) is 0 Å². The van der Waals surface area contributed by atoms with Gasteiger partial charge in [0.25, 0.3) is 0 Å². The number of carbonyl (C=O) groups excluding carboxylic acids is 1. The lowest BCUT2D eigenvalue weighted by Crippen LogP contribution is -2.52. The summed E-state index contributed by atoms with van der Waals surface area (Å²) >= 11 is 0. The van der Waals surface area contributed by atoms with Crippen LogP contribution in [0.15, 0.2) is 66.2 Å². The smallest absolute Gasteiger partial charge is 0.231 e. The highest BCUT2D eigenvalue weighted by Gasteiger charge is 2.56. The number of benzene rings is 2. The zero-order chi connectivity index (χ0) is 19.2. The first-order valence-electron chi connectivity index (χ1n) is 9.07. The summed E-state index contributed by atoms with van der Waals surface area (Å²) in [4.78, 5) is 24.0. The van der Waals surface area contributed by atoms with Crippen molar-refractivity contribution in [3.63, 3.8) is 0 Å². The minimum absolute atomic E-state index is 0.218.